The van der Waals surface area contributed by atoms with Crippen LogP contribution < -0.4 is 10.6 Å². The van der Waals surface area contributed by atoms with Crippen LogP contribution in [0.15, 0.2) is 23.3 Å². The minimum atomic E-state index is -4.36. The molecule has 27 heavy (non-hydrogen) atoms. The van der Waals surface area contributed by atoms with E-state index in [0.717, 1.165) is 50.8 Å². The summed E-state index contributed by atoms with van der Waals surface area (Å²) in [5, 5.41) is 6.30. The maximum atomic E-state index is 12.5. The van der Waals surface area contributed by atoms with Gasteiger partial charge >= 0.3 is 6.18 Å². The zero-order chi connectivity index (χ0) is 19.0. The SMILES string of the molecule is CN=C(NCCCNc1ccc(C(F)(F)F)cn1)N(C)CC1CCOC1.I. The highest BCUT2D eigenvalue weighted by Crippen LogP contribution is 2.28. The lowest BCUT2D eigenvalue weighted by Crippen LogP contribution is -2.42. The van der Waals surface area contributed by atoms with Crippen LogP contribution in [-0.4, -0.2) is 62.8 Å². The summed E-state index contributed by atoms with van der Waals surface area (Å²) < 4.78 is 42.8. The van der Waals surface area contributed by atoms with Crippen molar-refractivity contribution in [1.29, 1.82) is 0 Å². The van der Waals surface area contributed by atoms with Crippen molar-refractivity contribution >= 4 is 35.8 Å². The summed E-state index contributed by atoms with van der Waals surface area (Å²) in [7, 11) is 3.74. The second-order valence-corrected chi connectivity index (χ2v) is 6.29. The Kier molecular flexibility index (Phi) is 10.1. The van der Waals surface area contributed by atoms with Crippen molar-refractivity contribution < 1.29 is 17.9 Å². The van der Waals surface area contributed by atoms with Crippen LogP contribution in [0, 0.1) is 5.92 Å². The second kappa shape index (κ2) is 11.5. The van der Waals surface area contributed by atoms with E-state index in [0.29, 0.717) is 24.8 Å². The molecule has 1 aromatic heterocycles. The maximum absolute atomic E-state index is 12.5. The molecule has 6 nitrogen and oxygen atoms in total. The molecular weight excluding hydrogens is 474 g/mol. The van der Waals surface area contributed by atoms with Gasteiger partial charge in [-0.1, -0.05) is 0 Å². The number of hydrogen-bond donors (Lipinski definition) is 2. The molecule has 0 aromatic carbocycles. The number of pyridine rings is 1. The van der Waals surface area contributed by atoms with Crippen molar-refractivity contribution in [2.45, 2.75) is 19.0 Å². The van der Waals surface area contributed by atoms with Crippen LogP contribution in [0.25, 0.3) is 0 Å². The molecule has 1 saturated heterocycles. The fourth-order valence-corrected chi connectivity index (χ4v) is 2.76. The smallest absolute Gasteiger partial charge is 0.381 e. The fraction of sp³-hybridized carbons (Fsp3) is 0.647. The average Bonchev–Trinajstić information content (AvgIpc) is 3.10. The minimum Gasteiger partial charge on any atom is -0.381 e. The highest BCUT2D eigenvalue weighted by atomic mass is 127. The van der Waals surface area contributed by atoms with Crippen LogP contribution in [0.3, 0.4) is 0 Å². The molecule has 2 N–H and O–H groups in total. The number of alkyl halides is 3. The van der Waals surface area contributed by atoms with E-state index in [-0.39, 0.29) is 24.0 Å². The number of hydrogen-bond acceptors (Lipinski definition) is 4. The number of rotatable bonds is 7. The Hall–Kier alpha value is -1.30. The molecule has 1 atom stereocenters. The van der Waals surface area contributed by atoms with Gasteiger partial charge in [0.15, 0.2) is 5.96 Å². The molecular formula is C17H27F3IN5O. The Morgan fingerprint density at radius 1 is 1.37 bits per heavy atom. The molecule has 1 aliphatic heterocycles. The number of ether oxygens (including phenoxy) is 1. The van der Waals surface area contributed by atoms with Crippen molar-refractivity contribution in [3.8, 4) is 0 Å². The second-order valence-electron chi connectivity index (χ2n) is 6.29. The Labute approximate surface area is 175 Å². The van der Waals surface area contributed by atoms with Crippen LogP contribution >= 0.6 is 24.0 Å². The quantitative estimate of drug-likeness (QED) is 0.261. The number of aromatic nitrogens is 1. The van der Waals surface area contributed by atoms with E-state index in [2.05, 4.69) is 25.5 Å². The third-order valence-electron chi connectivity index (χ3n) is 4.16. The first-order chi connectivity index (χ1) is 12.4. The first kappa shape index (κ1) is 23.7. The van der Waals surface area contributed by atoms with Gasteiger partial charge in [-0.15, -0.1) is 24.0 Å². The summed E-state index contributed by atoms with van der Waals surface area (Å²) in [5.41, 5.74) is -0.746. The van der Waals surface area contributed by atoms with Gasteiger partial charge in [0.05, 0.1) is 12.2 Å². The van der Waals surface area contributed by atoms with Crippen molar-refractivity contribution in [3.63, 3.8) is 0 Å². The van der Waals surface area contributed by atoms with Crippen molar-refractivity contribution in [3.05, 3.63) is 23.9 Å². The molecule has 2 rings (SSSR count). The Balaban J connectivity index is 0.00000364. The van der Waals surface area contributed by atoms with Crippen LogP contribution in [0.4, 0.5) is 19.0 Å². The average molecular weight is 501 g/mol. The lowest BCUT2D eigenvalue weighted by atomic mass is 10.1. The van der Waals surface area contributed by atoms with Crippen LogP contribution in [-0.2, 0) is 10.9 Å². The van der Waals surface area contributed by atoms with Crippen LogP contribution in [0.2, 0.25) is 0 Å². The standard InChI is InChI=1S/C17H26F3N5O.HI/c1-21-16(25(2)11-13-6-9-26-12-13)23-8-3-7-22-15-5-4-14(10-24-15)17(18,19)20;/h4-5,10,13H,3,6-9,11-12H2,1-2H3,(H,21,23)(H,22,24);1H. The first-order valence-corrected chi connectivity index (χ1v) is 8.67. The molecule has 10 heteroatoms. The van der Waals surface area contributed by atoms with E-state index in [9.17, 15) is 13.2 Å². The summed E-state index contributed by atoms with van der Waals surface area (Å²) in [6, 6.07) is 2.36. The third kappa shape index (κ3) is 8.08. The van der Waals surface area contributed by atoms with Crippen molar-refractivity contribution in [2.24, 2.45) is 10.9 Å². The van der Waals surface area contributed by atoms with E-state index in [1.807, 2.05) is 7.05 Å². The van der Waals surface area contributed by atoms with Crippen LogP contribution in [0.5, 0.6) is 0 Å². The predicted octanol–water partition coefficient (Wildman–Crippen LogP) is 3.06. The van der Waals surface area contributed by atoms with Gasteiger partial charge in [0.2, 0.25) is 0 Å². The summed E-state index contributed by atoms with van der Waals surface area (Å²) >= 11 is 0. The monoisotopic (exact) mass is 501 g/mol. The van der Waals surface area contributed by atoms with E-state index in [1.54, 1.807) is 7.05 Å². The molecule has 2 heterocycles. The molecule has 1 aromatic rings. The Morgan fingerprint density at radius 2 is 2.15 bits per heavy atom. The molecule has 0 spiro atoms. The summed E-state index contributed by atoms with van der Waals surface area (Å²) in [6.45, 7) is 3.82. The number of nitrogens with one attached hydrogen (secondary N) is 2. The van der Waals surface area contributed by atoms with Gasteiger partial charge in [0.1, 0.15) is 5.82 Å². The molecule has 0 aliphatic carbocycles. The lowest BCUT2D eigenvalue weighted by molar-refractivity contribution is -0.137. The number of nitrogens with zero attached hydrogens (tertiary/aromatic N) is 3. The maximum Gasteiger partial charge on any atom is 0.417 e. The Morgan fingerprint density at radius 3 is 2.70 bits per heavy atom. The normalized spacial score (nSPS) is 17.4. The highest BCUT2D eigenvalue weighted by Gasteiger charge is 2.30. The third-order valence-corrected chi connectivity index (χ3v) is 4.16. The van der Waals surface area contributed by atoms with Crippen molar-refractivity contribution in [2.75, 3.05) is 52.3 Å². The number of aliphatic imine (C=N–C) groups is 1. The molecule has 154 valence electrons. The largest absolute Gasteiger partial charge is 0.417 e. The van der Waals surface area contributed by atoms with Gasteiger partial charge in [-0.25, -0.2) is 4.98 Å². The van der Waals surface area contributed by atoms with Crippen molar-refractivity contribution in [1.82, 2.24) is 15.2 Å². The van der Waals surface area contributed by atoms with Crippen LogP contribution in [0.1, 0.15) is 18.4 Å². The zero-order valence-corrected chi connectivity index (χ0v) is 17.9. The molecule has 0 radical (unpaired) electrons. The van der Waals surface area contributed by atoms with Gasteiger partial charge in [-0.2, -0.15) is 13.2 Å². The van der Waals surface area contributed by atoms with Gasteiger partial charge in [-0.3, -0.25) is 4.99 Å². The highest BCUT2D eigenvalue weighted by molar-refractivity contribution is 14.0. The Bertz CT molecular complexity index is 577. The van der Waals surface area contributed by atoms with E-state index >= 15 is 0 Å². The number of halogens is 4. The molecule has 1 unspecified atom stereocenters. The van der Waals surface area contributed by atoms with E-state index in [1.165, 1.54) is 6.07 Å². The molecule has 1 aliphatic rings. The molecule has 0 saturated carbocycles. The molecule has 0 bridgehead atoms. The predicted molar refractivity (Wildman–Crippen MR) is 111 cm³/mol. The minimum absolute atomic E-state index is 0. The number of guanidine groups is 1. The van der Waals surface area contributed by atoms with Gasteiger partial charge < -0.3 is 20.3 Å². The van der Waals surface area contributed by atoms with Gasteiger partial charge in [-0.05, 0) is 25.0 Å². The summed E-state index contributed by atoms with van der Waals surface area (Å²) in [4.78, 5) is 10.1. The van der Waals surface area contributed by atoms with Gasteiger partial charge in [0, 0.05) is 52.5 Å². The van der Waals surface area contributed by atoms with E-state index in [4.69, 9.17) is 4.74 Å². The molecule has 0 amide bonds. The van der Waals surface area contributed by atoms with E-state index < -0.39 is 11.7 Å². The fourth-order valence-electron chi connectivity index (χ4n) is 2.76. The van der Waals surface area contributed by atoms with Gasteiger partial charge in [0.25, 0.3) is 0 Å². The number of anilines is 1. The first-order valence-electron chi connectivity index (χ1n) is 8.67. The summed E-state index contributed by atoms with van der Waals surface area (Å²) in [6.07, 6.45) is -1.67. The lowest BCUT2D eigenvalue weighted by Gasteiger charge is -2.24. The molecule has 1 fully saturated rings. The summed E-state index contributed by atoms with van der Waals surface area (Å²) in [5.74, 6) is 1.79. The zero-order valence-electron chi connectivity index (χ0n) is 15.6. The topological polar surface area (TPSA) is 61.8 Å².